The Morgan fingerprint density at radius 1 is 1.40 bits per heavy atom. The van der Waals surface area contributed by atoms with Gasteiger partial charge in [-0.3, -0.25) is 0 Å². The maximum absolute atomic E-state index is 11.9. The summed E-state index contributed by atoms with van der Waals surface area (Å²) in [4.78, 5) is 23.1. The normalized spacial score (nSPS) is 16.1. The average Bonchev–Trinajstić information content (AvgIpc) is 2.28. The molecule has 6 heteroatoms. The highest BCUT2D eigenvalue weighted by Gasteiger charge is 2.25. The van der Waals surface area contributed by atoms with E-state index < -0.39 is 5.97 Å². The fourth-order valence-electron chi connectivity index (χ4n) is 2.23. The zero-order valence-corrected chi connectivity index (χ0v) is 13.3. The molecule has 0 spiro atoms. The summed E-state index contributed by atoms with van der Waals surface area (Å²) in [7, 11) is 0. The molecule has 3 N–H and O–H groups in total. The summed E-state index contributed by atoms with van der Waals surface area (Å²) in [6.07, 6.45) is 3.51. The molecule has 0 bridgehead atoms. The number of benzene rings is 1. The number of carboxylic acids is 1. The molecular formula is C14H17IN2O3. The molecule has 0 aliphatic heterocycles. The first-order valence-corrected chi connectivity index (χ1v) is 7.65. The van der Waals surface area contributed by atoms with E-state index in [-0.39, 0.29) is 17.6 Å². The lowest BCUT2D eigenvalue weighted by Gasteiger charge is -2.31. The van der Waals surface area contributed by atoms with Crippen LogP contribution in [0.25, 0.3) is 0 Å². The van der Waals surface area contributed by atoms with E-state index in [9.17, 15) is 9.59 Å². The van der Waals surface area contributed by atoms with Crippen molar-refractivity contribution in [1.29, 1.82) is 0 Å². The number of hydrogen-bond acceptors (Lipinski definition) is 2. The largest absolute Gasteiger partial charge is 0.478 e. The third-order valence-corrected chi connectivity index (χ3v) is 4.35. The van der Waals surface area contributed by atoms with Crippen LogP contribution in [0.1, 0.15) is 36.5 Å². The molecule has 0 saturated heterocycles. The van der Waals surface area contributed by atoms with Gasteiger partial charge in [0.2, 0.25) is 0 Å². The minimum atomic E-state index is -1.05. The highest BCUT2D eigenvalue weighted by atomic mass is 127. The lowest BCUT2D eigenvalue weighted by Crippen LogP contribution is -2.42. The van der Waals surface area contributed by atoms with Gasteiger partial charge in [-0.1, -0.05) is 6.42 Å². The van der Waals surface area contributed by atoms with Crippen LogP contribution in [-0.4, -0.2) is 23.1 Å². The van der Waals surface area contributed by atoms with E-state index in [1.807, 2.05) is 29.5 Å². The molecule has 0 aromatic heterocycles. The van der Waals surface area contributed by atoms with Crippen molar-refractivity contribution in [3.63, 3.8) is 0 Å². The highest BCUT2D eigenvalue weighted by molar-refractivity contribution is 14.1. The molecule has 1 unspecified atom stereocenters. The Morgan fingerprint density at radius 3 is 2.65 bits per heavy atom. The molecule has 2 amide bonds. The van der Waals surface area contributed by atoms with Crippen LogP contribution in [0.2, 0.25) is 0 Å². The van der Waals surface area contributed by atoms with Crippen molar-refractivity contribution in [2.75, 3.05) is 5.32 Å². The van der Waals surface area contributed by atoms with Crippen molar-refractivity contribution in [2.45, 2.75) is 32.2 Å². The number of anilines is 1. The number of halogens is 1. The number of nitrogens with one attached hydrogen (secondary N) is 2. The van der Waals surface area contributed by atoms with Gasteiger partial charge in [0.15, 0.2) is 0 Å². The smallest absolute Gasteiger partial charge is 0.337 e. The van der Waals surface area contributed by atoms with Crippen LogP contribution in [0.5, 0.6) is 0 Å². The van der Waals surface area contributed by atoms with E-state index in [1.54, 1.807) is 12.1 Å². The van der Waals surface area contributed by atoms with Crippen LogP contribution < -0.4 is 10.6 Å². The number of aromatic carboxylic acids is 1. The van der Waals surface area contributed by atoms with Gasteiger partial charge in [0.05, 0.1) is 11.3 Å². The van der Waals surface area contributed by atoms with Crippen molar-refractivity contribution >= 4 is 40.3 Å². The number of carboxylic acid groups (broad SMARTS) is 1. The minimum absolute atomic E-state index is 0.100. The first-order chi connectivity index (χ1) is 9.47. The highest BCUT2D eigenvalue weighted by Crippen LogP contribution is 2.29. The predicted octanol–water partition coefficient (Wildman–Crippen LogP) is 3.30. The van der Waals surface area contributed by atoms with Crippen LogP contribution in [0.3, 0.4) is 0 Å². The Kier molecular flexibility index (Phi) is 4.85. The summed E-state index contributed by atoms with van der Waals surface area (Å²) in [6, 6.07) is 4.67. The van der Waals surface area contributed by atoms with Crippen LogP contribution in [0.4, 0.5) is 10.5 Å². The molecule has 1 aromatic carbocycles. The zero-order chi connectivity index (χ0) is 14.7. The van der Waals surface area contributed by atoms with Gasteiger partial charge < -0.3 is 15.7 Å². The summed E-state index contributed by atoms with van der Waals surface area (Å²) < 4.78 is 0.814. The lowest BCUT2D eigenvalue weighted by atomic mass is 9.80. The van der Waals surface area contributed by atoms with Gasteiger partial charge in [0.25, 0.3) is 0 Å². The number of amides is 2. The molecule has 5 nitrogen and oxygen atoms in total. The Labute approximate surface area is 131 Å². The first-order valence-electron chi connectivity index (χ1n) is 6.57. The molecule has 0 radical (unpaired) electrons. The topological polar surface area (TPSA) is 78.4 Å². The summed E-state index contributed by atoms with van der Waals surface area (Å²) in [6.45, 7) is 1.98. The Bertz CT molecular complexity index is 529. The van der Waals surface area contributed by atoms with Crippen molar-refractivity contribution in [1.82, 2.24) is 5.32 Å². The third-order valence-electron chi connectivity index (χ3n) is 3.68. The van der Waals surface area contributed by atoms with Gasteiger partial charge in [0.1, 0.15) is 0 Å². The quantitative estimate of drug-likeness (QED) is 0.693. The molecular weight excluding hydrogens is 371 g/mol. The maximum Gasteiger partial charge on any atom is 0.337 e. The summed E-state index contributed by atoms with van der Waals surface area (Å²) >= 11 is 2.04. The fourth-order valence-corrected chi connectivity index (χ4v) is 2.72. The van der Waals surface area contributed by atoms with Gasteiger partial charge in [0, 0.05) is 9.61 Å². The Balaban J connectivity index is 2.01. The van der Waals surface area contributed by atoms with Crippen LogP contribution in [0.15, 0.2) is 18.2 Å². The average molecular weight is 388 g/mol. The number of urea groups is 1. The number of carbonyl (C=O) groups excluding carboxylic acids is 1. The standard InChI is InChI=1S/C14H17IN2O3/c1-8(9-3-2-4-9)16-14(20)17-12-6-5-10(15)7-11(12)13(18)19/h5-9H,2-4H2,1H3,(H,18,19)(H2,16,17,20). The van der Waals surface area contributed by atoms with E-state index in [1.165, 1.54) is 12.5 Å². The number of rotatable bonds is 4. The van der Waals surface area contributed by atoms with Crippen LogP contribution in [0, 0.1) is 9.49 Å². The molecule has 2 rings (SSSR count). The summed E-state index contributed by atoms with van der Waals surface area (Å²) in [5.41, 5.74) is 0.416. The van der Waals surface area contributed by atoms with E-state index >= 15 is 0 Å². The Hall–Kier alpha value is -1.31. The minimum Gasteiger partial charge on any atom is -0.478 e. The second kappa shape index (κ2) is 6.43. The summed E-state index contributed by atoms with van der Waals surface area (Å²) in [5.74, 6) is -0.512. The zero-order valence-electron chi connectivity index (χ0n) is 11.1. The molecule has 1 saturated carbocycles. The molecule has 1 aliphatic rings. The van der Waals surface area contributed by atoms with Gasteiger partial charge in [-0.15, -0.1) is 0 Å². The van der Waals surface area contributed by atoms with Gasteiger partial charge in [-0.25, -0.2) is 9.59 Å². The monoisotopic (exact) mass is 388 g/mol. The second-order valence-corrected chi connectivity index (χ2v) is 6.32. The van der Waals surface area contributed by atoms with Gasteiger partial charge >= 0.3 is 12.0 Å². The SMILES string of the molecule is CC(NC(=O)Nc1ccc(I)cc1C(=O)O)C1CCC1. The van der Waals surface area contributed by atoms with Crippen LogP contribution >= 0.6 is 22.6 Å². The van der Waals surface area contributed by atoms with E-state index in [0.29, 0.717) is 11.6 Å². The van der Waals surface area contributed by atoms with Crippen molar-refractivity contribution < 1.29 is 14.7 Å². The molecule has 20 heavy (non-hydrogen) atoms. The predicted molar refractivity (Wildman–Crippen MR) is 85.1 cm³/mol. The summed E-state index contributed by atoms with van der Waals surface area (Å²) in [5, 5.41) is 14.6. The molecule has 1 atom stereocenters. The second-order valence-electron chi connectivity index (χ2n) is 5.07. The Morgan fingerprint density at radius 2 is 2.10 bits per heavy atom. The third kappa shape index (κ3) is 3.62. The molecule has 108 valence electrons. The number of carbonyl (C=O) groups is 2. The van der Waals surface area contributed by atoms with Gasteiger partial charge in [-0.2, -0.15) is 0 Å². The van der Waals surface area contributed by atoms with E-state index in [2.05, 4.69) is 10.6 Å². The number of hydrogen-bond donors (Lipinski definition) is 3. The van der Waals surface area contributed by atoms with Crippen molar-refractivity contribution in [2.24, 2.45) is 5.92 Å². The fraction of sp³-hybridized carbons (Fsp3) is 0.429. The first kappa shape index (κ1) is 15.1. The maximum atomic E-state index is 11.9. The van der Waals surface area contributed by atoms with Gasteiger partial charge in [-0.05, 0) is 66.5 Å². The van der Waals surface area contributed by atoms with E-state index in [0.717, 1.165) is 16.4 Å². The molecule has 1 aliphatic carbocycles. The molecule has 1 aromatic rings. The van der Waals surface area contributed by atoms with Crippen molar-refractivity contribution in [3.05, 3.63) is 27.3 Å². The molecule has 1 fully saturated rings. The van der Waals surface area contributed by atoms with Crippen molar-refractivity contribution in [3.8, 4) is 0 Å². The lowest BCUT2D eigenvalue weighted by molar-refractivity contribution is 0.0698. The van der Waals surface area contributed by atoms with E-state index in [4.69, 9.17) is 5.11 Å². The van der Waals surface area contributed by atoms with Crippen LogP contribution in [-0.2, 0) is 0 Å². The molecule has 0 heterocycles.